The Bertz CT molecular complexity index is 1180. The lowest BCUT2D eigenvalue weighted by atomic mass is 10.0. The second-order valence-electron chi connectivity index (χ2n) is 6.90. The fraction of sp³-hybridized carbons (Fsp3) is 0.263. The molecule has 1 aliphatic rings. The fourth-order valence-corrected chi connectivity index (χ4v) is 4.87. The lowest BCUT2D eigenvalue weighted by molar-refractivity contribution is 0.499. The molecule has 1 aliphatic heterocycles. The van der Waals surface area contributed by atoms with Crippen LogP contribution in [0.2, 0.25) is 0 Å². The molecule has 1 fully saturated rings. The van der Waals surface area contributed by atoms with Crippen LogP contribution in [0, 0.1) is 11.6 Å². The molecule has 3 aromatic rings. The smallest absolute Gasteiger partial charge is 0.236 e. The summed E-state index contributed by atoms with van der Waals surface area (Å²) in [5, 5.41) is 2.89. The quantitative estimate of drug-likeness (QED) is 0.600. The number of rotatable bonds is 4. The van der Waals surface area contributed by atoms with Gasteiger partial charge >= 0.3 is 0 Å². The normalized spacial score (nSPS) is 17.4. The number of nitrogens with zero attached hydrogens (tertiary/aromatic N) is 2. The molecule has 4 rings (SSSR count). The Hall–Kier alpha value is -2.85. The number of sulfonamides is 1. The highest BCUT2D eigenvalue weighted by molar-refractivity contribution is 7.93. The van der Waals surface area contributed by atoms with E-state index in [0.29, 0.717) is 30.3 Å². The molecule has 0 bridgehead atoms. The van der Waals surface area contributed by atoms with E-state index in [1.54, 1.807) is 6.07 Å². The van der Waals surface area contributed by atoms with Crippen LogP contribution in [0.4, 0.5) is 20.4 Å². The number of nitrogens with two attached hydrogens (primary N) is 1. The fourth-order valence-electron chi connectivity index (χ4n) is 3.42. The minimum Gasteiger partial charge on any atom is -0.368 e. The first-order chi connectivity index (χ1) is 13.8. The van der Waals surface area contributed by atoms with Crippen LogP contribution in [0.25, 0.3) is 22.0 Å². The van der Waals surface area contributed by atoms with E-state index in [1.807, 2.05) is 0 Å². The third-order valence-corrected chi connectivity index (χ3v) is 6.71. The zero-order valence-corrected chi connectivity index (χ0v) is 16.1. The second kappa shape index (κ2) is 7.53. The number of hydrogen-bond acceptors (Lipinski definition) is 6. The summed E-state index contributed by atoms with van der Waals surface area (Å²) in [6.07, 6.45) is 2.65. The molecule has 1 atom stereocenters. The SMILES string of the molecule is Nc1ncc2cc(-c3c(F)ccc(NS(=O)(=O)C4CCCNC4)c3F)ccc2n1. The van der Waals surface area contributed by atoms with Crippen LogP contribution in [0.5, 0.6) is 0 Å². The van der Waals surface area contributed by atoms with Gasteiger partial charge in [0.25, 0.3) is 0 Å². The van der Waals surface area contributed by atoms with Crippen LogP contribution >= 0.6 is 0 Å². The summed E-state index contributed by atoms with van der Waals surface area (Å²) >= 11 is 0. The van der Waals surface area contributed by atoms with Crippen molar-refractivity contribution in [2.75, 3.05) is 23.5 Å². The van der Waals surface area contributed by atoms with E-state index < -0.39 is 26.9 Å². The molecular weight excluding hydrogens is 400 g/mol. The number of halogens is 2. The lowest BCUT2D eigenvalue weighted by Crippen LogP contribution is -2.41. The maximum absolute atomic E-state index is 15.1. The van der Waals surface area contributed by atoms with Crippen molar-refractivity contribution >= 4 is 32.6 Å². The molecule has 4 N–H and O–H groups in total. The topological polar surface area (TPSA) is 110 Å². The van der Waals surface area contributed by atoms with Crippen molar-refractivity contribution in [3.63, 3.8) is 0 Å². The Labute approximate surface area is 166 Å². The van der Waals surface area contributed by atoms with Gasteiger partial charge in [-0.2, -0.15) is 0 Å². The molecule has 0 radical (unpaired) electrons. The first kappa shape index (κ1) is 19.5. The van der Waals surface area contributed by atoms with E-state index in [-0.39, 0.29) is 22.8 Å². The summed E-state index contributed by atoms with van der Waals surface area (Å²) in [6.45, 7) is 1.04. The third-order valence-electron chi connectivity index (χ3n) is 4.92. The van der Waals surface area contributed by atoms with Gasteiger partial charge in [0.2, 0.25) is 16.0 Å². The third kappa shape index (κ3) is 3.85. The van der Waals surface area contributed by atoms with Crippen molar-refractivity contribution in [2.45, 2.75) is 18.1 Å². The Morgan fingerprint density at radius 1 is 1.21 bits per heavy atom. The van der Waals surface area contributed by atoms with E-state index in [0.717, 1.165) is 18.7 Å². The van der Waals surface area contributed by atoms with Gasteiger partial charge < -0.3 is 11.1 Å². The van der Waals surface area contributed by atoms with Crippen molar-refractivity contribution in [1.82, 2.24) is 15.3 Å². The van der Waals surface area contributed by atoms with Crippen molar-refractivity contribution < 1.29 is 17.2 Å². The van der Waals surface area contributed by atoms with Crippen LogP contribution in [0.15, 0.2) is 36.5 Å². The van der Waals surface area contributed by atoms with Gasteiger partial charge in [0.15, 0.2) is 5.82 Å². The molecule has 1 unspecified atom stereocenters. The first-order valence-corrected chi connectivity index (χ1v) is 10.6. The minimum atomic E-state index is -3.82. The second-order valence-corrected chi connectivity index (χ2v) is 8.86. The van der Waals surface area contributed by atoms with E-state index in [9.17, 15) is 12.8 Å². The van der Waals surface area contributed by atoms with Crippen molar-refractivity contribution in [3.05, 3.63) is 48.2 Å². The lowest BCUT2D eigenvalue weighted by Gasteiger charge is -2.23. The van der Waals surface area contributed by atoms with E-state index in [2.05, 4.69) is 20.0 Å². The van der Waals surface area contributed by atoms with Crippen LogP contribution in [0.1, 0.15) is 12.8 Å². The number of piperidine rings is 1. The molecule has 0 amide bonds. The van der Waals surface area contributed by atoms with Gasteiger partial charge in [0.05, 0.1) is 22.0 Å². The average molecular weight is 419 g/mol. The summed E-state index contributed by atoms with van der Waals surface area (Å²) in [4.78, 5) is 7.94. The molecule has 1 saturated heterocycles. The Morgan fingerprint density at radius 2 is 2.03 bits per heavy atom. The number of benzene rings is 2. The van der Waals surface area contributed by atoms with E-state index in [4.69, 9.17) is 5.73 Å². The number of anilines is 2. The van der Waals surface area contributed by atoms with Crippen LogP contribution in [-0.4, -0.2) is 36.7 Å². The molecule has 152 valence electrons. The minimum absolute atomic E-state index is 0.0937. The Morgan fingerprint density at radius 3 is 2.79 bits per heavy atom. The van der Waals surface area contributed by atoms with E-state index >= 15 is 4.39 Å². The zero-order valence-electron chi connectivity index (χ0n) is 15.3. The number of nitrogen functional groups attached to an aromatic ring is 1. The predicted molar refractivity (Wildman–Crippen MR) is 108 cm³/mol. The number of hydrogen-bond donors (Lipinski definition) is 3. The van der Waals surface area contributed by atoms with Crippen LogP contribution in [-0.2, 0) is 10.0 Å². The summed E-state index contributed by atoms with van der Waals surface area (Å²) < 4.78 is 57.1. The number of aromatic nitrogens is 2. The van der Waals surface area contributed by atoms with Gasteiger partial charge in [-0.3, -0.25) is 4.72 Å². The molecular formula is C19H19F2N5O2S. The molecule has 2 aromatic carbocycles. The molecule has 0 spiro atoms. The van der Waals surface area contributed by atoms with Crippen LogP contribution < -0.4 is 15.8 Å². The maximum Gasteiger partial charge on any atom is 0.236 e. The van der Waals surface area contributed by atoms with Crippen molar-refractivity contribution in [1.29, 1.82) is 0 Å². The molecule has 7 nitrogen and oxygen atoms in total. The largest absolute Gasteiger partial charge is 0.368 e. The molecule has 10 heteroatoms. The standard InChI is InChI=1S/C19H19F2N5O2S/c20-14-4-6-16(26-29(27,28)13-2-1-7-23-10-13)18(21)17(14)11-3-5-15-12(8-11)9-24-19(22)25-15/h3-6,8-9,13,23,26H,1-2,7,10H2,(H2,22,24,25). The highest BCUT2D eigenvalue weighted by atomic mass is 32.2. The highest BCUT2D eigenvalue weighted by Crippen LogP contribution is 2.33. The number of fused-ring (bicyclic) bond motifs is 1. The van der Waals surface area contributed by atoms with E-state index in [1.165, 1.54) is 18.3 Å². The van der Waals surface area contributed by atoms with Crippen LogP contribution in [0.3, 0.4) is 0 Å². The zero-order chi connectivity index (χ0) is 20.6. The summed E-state index contributed by atoms with van der Waals surface area (Å²) in [7, 11) is -3.82. The molecule has 1 aromatic heterocycles. The molecule has 29 heavy (non-hydrogen) atoms. The number of nitrogens with one attached hydrogen (secondary N) is 2. The summed E-state index contributed by atoms with van der Waals surface area (Å²) in [6, 6.07) is 6.73. The van der Waals surface area contributed by atoms with Crippen molar-refractivity contribution in [2.24, 2.45) is 0 Å². The van der Waals surface area contributed by atoms with Gasteiger partial charge in [-0.15, -0.1) is 0 Å². The van der Waals surface area contributed by atoms with Gasteiger partial charge in [-0.1, -0.05) is 6.07 Å². The first-order valence-electron chi connectivity index (χ1n) is 9.08. The highest BCUT2D eigenvalue weighted by Gasteiger charge is 2.28. The molecule has 2 heterocycles. The maximum atomic E-state index is 15.1. The van der Waals surface area contributed by atoms with Gasteiger partial charge in [0, 0.05) is 18.1 Å². The Kier molecular flexibility index (Phi) is 5.05. The van der Waals surface area contributed by atoms with Gasteiger partial charge in [0.1, 0.15) is 5.82 Å². The Balaban J connectivity index is 1.73. The monoisotopic (exact) mass is 419 g/mol. The van der Waals surface area contributed by atoms with Gasteiger partial charge in [-0.25, -0.2) is 27.2 Å². The predicted octanol–water partition coefficient (Wildman–Crippen LogP) is 2.65. The van der Waals surface area contributed by atoms with Crippen molar-refractivity contribution in [3.8, 4) is 11.1 Å². The molecule has 0 aliphatic carbocycles. The average Bonchev–Trinajstić information content (AvgIpc) is 2.71. The summed E-state index contributed by atoms with van der Waals surface area (Å²) in [5.41, 5.74) is 5.70. The van der Waals surface area contributed by atoms with Gasteiger partial charge in [-0.05, 0) is 49.2 Å². The molecule has 0 saturated carbocycles. The summed E-state index contributed by atoms with van der Waals surface area (Å²) in [5.74, 6) is -1.69.